The summed E-state index contributed by atoms with van der Waals surface area (Å²) in [6, 6.07) is 9.11. The first-order chi connectivity index (χ1) is 5.70. The second kappa shape index (κ2) is 4.24. The van der Waals surface area contributed by atoms with Crippen molar-refractivity contribution < 1.29 is 9.84 Å². The average molecular weight is 165 g/mol. The van der Waals surface area contributed by atoms with Gasteiger partial charge in [-0.25, -0.2) is 0 Å². The summed E-state index contributed by atoms with van der Waals surface area (Å²) >= 11 is 0. The first-order valence-electron chi connectivity index (χ1n) is 4.06. The molecule has 1 aromatic carbocycles. The van der Waals surface area contributed by atoms with Gasteiger partial charge >= 0.3 is 0 Å². The van der Waals surface area contributed by atoms with Crippen molar-refractivity contribution in [3.05, 3.63) is 35.9 Å². The summed E-state index contributed by atoms with van der Waals surface area (Å²) in [4.78, 5) is 0. The van der Waals surface area contributed by atoms with Gasteiger partial charge in [-0.05, 0) is 13.8 Å². The smallest absolute Gasteiger partial charge is 0.217 e. The number of ether oxygens (including phenoxy) is 1. The largest absolute Gasteiger partial charge is 0.343 e. The first-order valence-corrected chi connectivity index (χ1v) is 4.06. The van der Waals surface area contributed by atoms with Crippen molar-refractivity contribution in [3.63, 3.8) is 0 Å². The third-order valence-corrected chi connectivity index (χ3v) is 1.47. The van der Waals surface area contributed by atoms with E-state index in [1.54, 1.807) is 12.1 Å². The Kier molecular flexibility index (Phi) is 3.26. The van der Waals surface area contributed by atoms with Crippen LogP contribution in [0.25, 0.3) is 0 Å². The lowest BCUT2D eigenvalue weighted by Gasteiger charge is -2.12. The summed E-state index contributed by atoms with van der Waals surface area (Å²) in [6.45, 7) is 3.71. The van der Waals surface area contributed by atoms with E-state index in [2.05, 4.69) is 0 Å². The van der Waals surface area contributed by atoms with E-state index in [-0.39, 0.29) is 6.10 Å². The zero-order chi connectivity index (χ0) is 8.97. The third-order valence-electron chi connectivity index (χ3n) is 1.47. The molecule has 0 bridgehead atoms. The monoisotopic (exact) mass is 165 g/mol. The van der Waals surface area contributed by atoms with Crippen molar-refractivity contribution in [1.82, 2.24) is 0 Å². The van der Waals surface area contributed by atoms with Gasteiger partial charge in [-0.1, -0.05) is 30.3 Å². The van der Waals surface area contributed by atoms with Gasteiger partial charge in [0.05, 0.1) is 6.10 Å². The van der Waals surface area contributed by atoms with Crippen LogP contribution in [0.2, 0.25) is 0 Å². The Labute approximate surface area is 72.8 Å². The highest BCUT2D eigenvalue weighted by atomic mass is 16.6. The van der Waals surface area contributed by atoms with E-state index in [1.807, 2.05) is 32.0 Å². The molecule has 0 N–H and O–H groups in total. The molecule has 0 spiro atoms. The SMILES string of the molecule is CC(C)OC([O])c1ccccc1. The second-order valence-corrected chi connectivity index (χ2v) is 2.93. The Morgan fingerprint density at radius 3 is 2.25 bits per heavy atom. The van der Waals surface area contributed by atoms with Crippen LogP contribution in [0.15, 0.2) is 30.3 Å². The summed E-state index contributed by atoms with van der Waals surface area (Å²) < 4.78 is 5.08. The van der Waals surface area contributed by atoms with Gasteiger partial charge in [0.25, 0.3) is 0 Å². The van der Waals surface area contributed by atoms with E-state index in [4.69, 9.17) is 4.74 Å². The minimum absolute atomic E-state index is 0.0206. The highest BCUT2D eigenvalue weighted by Crippen LogP contribution is 2.15. The topological polar surface area (TPSA) is 29.1 Å². The van der Waals surface area contributed by atoms with Gasteiger partial charge in [-0.3, -0.25) is 0 Å². The van der Waals surface area contributed by atoms with Crippen molar-refractivity contribution in [2.45, 2.75) is 26.2 Å². The maximum absolute atomic E-state index is 11.3. The van der Waals surface area contributed by atoms with E-state index < -0.39 is 6.29 Å². The summed E-state index contributed by atoms with van der Waals surface area (Å²) in [5.74, 6) is 0. The molecule has 0 aliphatic carbocycles. The number of hydrogen-bond acceptors (Lipinski definition) is 1. The van der Waals surface area contributed by atoms with Gasteiger partial charge < -0.3 is 4.74 Å². The molecular formula is C10H13O2. The molecule has 1 radical (unpaired) electrons. The lowest BCUT2D eigenvalue weighted by molar-refractivity contribution is -0.166. The van der Waals surface area contributed by atoms with E-state index >= 15 is 0 Å². The van der Waals surface area contributed by atoms with Crippen LogP contribution in [-0.4, -0.2) is 6.10 Å². The zero-order valence-corrected chi connectivity index (χ0v) is 7.36. The van der Waals surface area contributed by atoms with E-state index in [1.165, 1.54) is 0 Å². The normalized spacial score (nSPS) is 13.3. The Hall–Kier alpha value is -0.860. The van der Waals surface area contributed by atoms with E-state index in [0.29, 0.717) is 5.56 Å². The highest BCUT2D eigenvalue weighted by Gasteiger charge is 2.09. The summed E-state index contributed by atoms with van der Waals surface area (Å²) in [5, 5.41) is 11.3. The molecule has 2 heteroatoms. The van der Waals surface area contributed by atoms with Crippen LogP contribution >= 0.6 is 0 Å². The molecule has 0 saturated carbocycles. The Morgan fingerprint density at radius 2 is 1.75 bits per heavy atom. The van der Waals surface area contributed by atoms with Gasteiger partial charge in [-0.2, -0.15) is 5.11 Å². The van der Waals surface area contributed by atoms with Crippen LogP contribution < -0.4 is 0 Å². The molecule has 1 atom stereocenters. The highest BCUT2D eigenvalue weighted by molar-refractivity contribution is 5.15. The van der Waals surface area contributed by atoms with Crippen molar-refractivity contribution >= 4 is 0 Å². The molecule has 1 aromatic rings. The molecule has 0 saturated heterocycles. The predicted molar refractivity (Wildman–Crippen MR) is 46.1 cm³/mol. The summed E-state index contributed by atoms with van der Waals surface area (Å²) in [5.41, 5.74) is 0.686. The van der Waals surface area contributed by atoms with Crippen LogP contribution in [0, 0.1) is 0 Å². The fourth-order valence-electron chi connectivity index (χ4n) is 0.936. The van der Waals surface area contributed by atoms with Crippen LogP contribution in [0.5, 0.6) is 0 Å². The molecular weight excluding hydrogens is 152 g/mol. The van der Waals surface area contributed by atoms with Crippen LogP contribution in [-0.2, 0) is 9.84 Å². The van der Waals surface area contributed by atoms with Crippen molar-refractivity contribution in [1.29, 1.82) is 0 Å². The Morgan fingerprint density at radius 1 is 1.17 bits per heavy atom. The molecule has 0 aliphatic rings. The van der Waals surface area contributed by atoms with Crippen LogP contribution in [0.3, 0.4) is 0 Å². The lowest BCUT2D eigenvalue weighted by atomic mass is 10.2. The van der Waals surface area contributed by atoms with E-state index in [0.717, 1.165) is 0 Å². The minimum Gasteiger partial charge on any atom is -0.343 e. The molecule has 0 fully saturated rings. The molecule has 0 heterocycles. The quantitative estimate of drug-likeness (QED) is 0.633. The molecule has 0 aliphatic heterocycles. The number of hydrogen-bond donors (Lipinski definition) is 0. The van der Waals surface area contributed by atoms with E-state index in [9.17, 15) is 5.11 Å². The average Bonchev–Trinajstić information content (AvgIpc) is 2.05. The molecule has 2 nitrogen and oxygen atoms in total. The minimum atomic E-state index is -1.05. The zero-order valence-electron chi connectivity index (χ0n) is 7.36. The number of rotatable bonds is 3. The Bertz CT molecular complexity index is 219. The summed E-state index contributed by atoms with van der Waals surface area (Å²) in [7, 11) is 0. The molecule has 65 valence electrons. The fourth-order valence-corrected chi connectivity index (χ4v) is 0.936. The Balaban J connectivity index is 2.59. The van der Waals surface area contributed by atoms with Gasteiger partial charge in [0.1, 0.15) is 0 Å². The van der Waals surface area contributed by atoms with Gasteiger partial charge in [0.15, 0.2) is 0 Å². The number of benzene rings is 1. The lowest BCUT2D eigenvalue weighted by Crippen LogP contribution is -2.08. The van der Waals surface area contributed by atoms with Crippen LogP contribution in [0.4, 0.5) is 0 Å². The molecule has 0 amide bonds. The van der Waals surface area contributed by atoms with Gasteiger partial charge in [-0.15, -0.1) is 0 Å². The van der Waals surface area contributed by atoms with Crippen molar-refractivity contribution in [3.8, 4) is 0 Å². The van der Waals surface area contributed by atoms with Gasteiger partial charge in [0.2, 0.25) is 6.29 Å². The molecule has 12 heavy (non-hydrogen) atoms. The summed E-state index contributed by atoms with van der Waals surface area (Å²) in [6.07, 6.45) is -1.07. The third kappa shape index (κ3) is 2.64. The molecule has 1 unspecified atom stereocenters. The van der Waals surface area contributed by atoms with Crippen LogP contribution in [0.1, 0.15) is 25.7 Å². The predicted octanol–water partition coefficient (Wildman–Crippen LogP) is 2.54. The van der Waals surface area contributed by atoms with Gasteiger partial charge in [0, 0.05) is 5.56 Å². The maximum Gasteiger partial charge on any atom is 0.217 e. The maximum atomic E-state index is 11.3. The van der Waals surface area contributed by atoms with Crippen molar-refractivity contribution in [2.75, 3.05) is 0 Å². The van der Waals surface area contributed by atoms with Crippen molar-refractivity contribution in [2.24, 2.45) is 0 Å². The molecule has 0 aromatic heterocycles. The fraction of sp³-hybridized carbons (Fsp3) is 0.400. The molecule has 1 rings (SSSR count). The second-order valence-electron chi connectivity index (χ2n) is 2.93. The standard InChI is InChI=1S/C10H13O2/c1-8(2)12-10(11)9-6-4-3-5-7-9/h3-8,10H,1-2H3. The first kappa shape index (κ1) is 9.23.